The van der Waals surface area contributed by atoms with Gasteiger partial charge in [0, 0.05) is 27.2 Å². The van der Waals surface area contributed by atoms with Gasteiger partial charge in [0.2, 0.25) is 5.91 Å². The molecule has 0 spiro atoms. The summed E-state index contributed by atoms with van der Waals surface area (Å²) in [5.74, 6) is 1.45. The normalized spacial score (nSPS) is 10.6. The fourth-order valence-corrected chi connectivity index (χ4v) is 2.68. The molecular weight excluding hydrogens is 467 g/mol. The third kappa shape index (κ3) is 8.16. The van der Waals surface area contributed by atoms with E-state index >= 15 is 0 Å². The summed E-state index contributed by atoms with van der Waals surface area (Å²) < 4.78 is 5.17. The lowest BCUT2D eigenvalue weighted by molar-refractivity contribution is -0.120. The van der Waals surface area contributed by atoms with Gasteiger partial charge in [0.05, 0.1) is 13.7 Å². The molecule has 0 bridgehead atoms. The fourth-order valence-electron chi connectivity index (χ4n) is 2.68. The first-order chi connectivity index (χ1) is 13.1. The molecule has 0 unspecified atom stereocenters. The van der Waals surface area contributed by atoms with E-state index < -0.39 is 0 Å². The van der Waals surface area contributed by atoms with Gasteiger partial charge in [0.15, 0.2) is 5.96 Å². The second-order valence-corrected chi connectivity index (χ2v) is 6.19. The molecule has 2 N–H and O–H groups in total. The highest BCUT2D eigenvalue weighted by Gasteiger charge is 2.09. The number of hydrogen-bond donors (Lipinski definition) is 2. The summed E-state index contributed by atoms with van der Waals surface area (Å²) in [6.45, 7) is 1.48. The van der Waals surface area contributed by atoms with Crippen molar-refractivity contribution in [1.82, 2.24) is 15.5 Å². The second-order valence-electron chi connectivity index (χ2n) is 6.19. The maximum atomic E-state index is 12.0. The first-order valence-corrected chi connectivity index (χ1v) is 8.97. The van der Waals surface area contributed by atoms with E-state index in [2.05, 4.69) is 27.8 Å². The molecule has 0 aliphatic heterocycles. The lowest BCUT2D eigenvalue weighted by atomic mass is 10.1. The molecule has 152 valence electrons. The zero-order valence-corrected chi connectivity index (χ0v) is 19.0. The smallest absolute Gasteiger partial charge is 0.239 e. The number of carbonyl (C=O) groups excluding carboxylic acids is 1. The zero-order chi connectivity index (χ0) is 19.5. The minimum absolute atomic E-state index is 0. The minimum Gasteiger partial charge on any atom is -0.497 e. The fraction of sp³-hybridized carbons (Fsp3) is 0.333. The van der Waals surface area contributed by atoms with Crippen LogP contribution in [0.1, 0.15) is 11.1 Å². The highest BCUT2D eigenvalue weighted by Crippen LogP contribution is 2.12. The topological polar surface area (TPSA) is 66.0 Å². The Morgan fingerprint density at radius 2 is 1.71 bits per heavy atom. The van der Waals surface area contributed by atoms with E-state index in [-0.39, 0.29) is 36.4 Å². The number of nitrogens with zero attached hydrogens (tertiary/aromatic N) is 2. The molecule has 7 heteroatoms. The number of ether oxygens (including phenoxy) is 1. The van der Waals surface area contributed by atoms with Crippen LogP contribution < -0.4 is 15.4 Å². The molecule has 6 nitrogen and oxygen atoms in total. The van der Waals surface area contributed by atoms with Crippen molar-refractivity contribution in [2.24, 2.45) is 4.99 Å². The molecule has 0 aliphatic carbocycles. The van der Waals surface area contributed by atoms with Gasteiger partial charge >= 0.3 is 0 Å². The number of methoxy groups -OCH3 is 1. The van der Waals surface area contributed by atoms with Crippen molar-refractivity contribution in [3.05, 3.63) is 65.7 Å². The Morgan fingerprint density at radius 3 is 2.32 bits per heavy atom. The van der Waals surface area contributed by atoms with Crippen molar-refractivity contribution in [3.8, 4) is 5.75 Å². The Kier molecular flexibility index (Phi) is 11.0. The van der Waals surface area contributed by atoms with E-state index in [1.54, 1.807) is 14.2 Å². The average Bonchev–Trinajstić information content (AvgIpc) is 2.70. The largest absolute Gasteiger partial charge is 0.497 e. The Hall–Kier alpha value is -2.29. The Balaban J connectivity index is 0.00000392. The van der Waals surface area contributed by atoms with Crippen LogP contribution in [0.2, 0.25) is 0 Å². The number of aliphatic imine (C=N–C) groups is 1. The first-order valence-electron chi connectivity index (χ1n) is 8.97. The van der Waals surface area contributed by atoms with Crippen LogP contribution in [0.3, 0.4) is 0 Å². The Morgan fingerprint density at radius 1 is 1.04 bits per heavy atom. The lowest BCUT2D eigenvalue weighted by Crippen LogP contribution is -2.44. The molecule has 0 aromatic heterocycles. The molecule has 1 amide bonds. The van der Waals surface area contributed by atoms with E-state index in [1.807, 2.05) is 54.4 Å². The summed E-state index contributed by atoms with van der Waals surface area (Å²) in [5, 5.41) is 6.02. The molecule has 0 saturated carbocycles. The predicted octanol–water partition coefficient (Wildman–Crippen LogP) is 2.68. The Bertz CT molecular complexity index is 736. The van der Waals surface area contributed by atoms with Gasteiger partial charge in [-0.25, -0.2) is 0 Å². The monoisotopic (exact) mass is 496 g/mol. The average molecular weight is 496 g/mol. The van der Waals surface area contributed by atoms with Crippen LogP contribution in [0.15, 0.2) is 59.6 Å². The van der Waals surface area contributed by atoms with Crippen molar-refractivity contribution < 1.29 is 9.53 Å². The number of carbonyl (C=O) groups is 1. The van der Waals surface area contributed by atoms with Crippen molar-refractivity contribution in [2.45, 2.75) is 13.0 Å². The Labute approximate surface area is 184 Å². The summed E-state index contributed by atoms with van der Waals surface area (Å²) in [4.78, 5) is 18.3. The van der Waals surface area contributed by atoms with E-state index in [9.17, 15) is 4.79 Å². The highest BCUT2D eigenvalue weighted by atomic mass is 127. The van der Waals surface area contributed by atoms with E-state index in [0.717, 1.165) is 17.7 Å². The van der Waals surface area contributed by atoms with Crippen molar-refractivity contribution in [3.63, 3.8) is 0 Å². The maximum Gasteiger partial charge on any atom is 0.239 e. The second kappa shape index (κ2) is 13.0. The lowest BCUT2D eigenvalue weighted by Gasteiger charge is -2.22. The molecule has 28 heavy (non-hydrogen) atoms. The quantitative estimate of drug-likeness (QED) is 0.335. The van der Waals surface area contributed by atoms with Gasteiger partial charge in [-0.2, -0.15) is 0 Å². The molecule has 0 radical (unpaired) electrons. The van der Waals surface area contributed by atoms with Gasteiger partial charge in [0.25, 0.3) is 0 Å². The number of nitrogens with one attached hydrogen (secondary N) is 2. The van der Waals surface area contributed by atoms with Gasteiger partial charge in [-0.05, 0) is 29.7 Å². The number of guanidine groups is 1. The zero-order valence-electron chi connectivity index (χ0n) is 16.6. The maximum absolute atomic E-state index is 12.0. The number of amides is 1. The SMILES string of the molecule is CN=C(NCC(=O)NCCc1ccccc1)N(C)Cc1ccc(OC)cc1.I. The van der Waals surface area contributed by atoms with Crippen molar-refractivity contribution >= 4 is 35.8 Å². The molecule has 0 saturated heterocycles. The minimum atomic E-state index is -0.0510. The van der Waals surface area contributed by atoms with Crippen LogP contribution in [-0.4, -0.2) is 51.1 Å². The van der Waals surface area contributed by atoms with Crippen LogP contribution in [-0.2, 0) is 17.8 Å². The van der Waals surface area contributed by atoms with Crippen molar-refractivity contribution in [2.75, 3.05) is 34.3 Å². The summed E-state index contributed by atoms with van der Waals surface area (Å²) in [5.41, 5.74) is 2.34. The third-order valence-corrected chi connectivity index (χ3v) is 4.14. The molecule has 0 atom stereocenters. The van der Waals surface area contributed by atoms with Crippen LogP contribution in [0.5, 0.6) is 5.75 Å². The predicted molar refractivity (Wildman–Crippen MR) is 124 cm³/mol. The van der Waals surface area contributed by atoms with Gasteiger partial charge in [-0.15, -0.1) is 24.0 Å². The van der Waals surface area contributed by atoms with Crippen LogP contribution in [0.4, 0.5) is 0 Å². The highest BCUT2D eigenvalue weighted by molar-refractivity contribution is 14.0. The summed E-state index contributed by atoms with van der Waals surface area (Å²) in [6.07, 6.45) is 0.818. The standard InChI is InChI=1S/C21H28N4O2.HI/c1-22-21(25(2)16-18-9-11-19(27-3)12-10-18)24-15-20(26)23-14-13-17-7-5-4-6-8-17;/h4-12H,13-16H2,1-3H3,(H,22,24)(H,23,26);1H. The third-order valence-electron chi connectivity index (χ3n) is 4.14. The molecule has 0 aliphatic rings. The number of hydrogen-bond acceptors (Lipinski definition) is 3. The molecular formula is C21H29IN4O2. The van der Waals surface area contributed by atoms with Gasteiger partial charge in [0.1, 0.15) is 5.75 Å². The van der Waals surface area contributed by atoms with Gasteiger partial charge in [-0.1, -0.05) is 42.5 Å². The van der Waals surface area contributed by atoms with Crippen LogP contribution >= 0.6 is 24.0 Å². The van der Waals surface area contributed by atoms with E-state index in [0.29, 0.717) is 19.0 Å². The van der Waals surface area contributed by atoms with Crippen LogP contribution in [0, 0.1) is 0 Å². The molecule has 2 aromatic rings. The molecule has 2 aromatic carbocycles. The first kappa shape index (κ1) is 23.7. The molecule has 2 rings (SSSR count). The molecule has 0 heterocycles. The van der Waals surface area contributed by atoms with E-state index in [1.165, 1.54) is 5.56 Å². The van der Waals surface area contributed by atoms with Gasteiger partial charge in [-0.3, -0.25) is 9.79 Å². The molecule has 0 fully saturated rings. The number of halogens is 1. The summed E-state index contributed by atoms with van der Waals surface area (Å²) >= 11 is 0. The van der Waals surface area contributed by atoms with Gasteiger partial charge < -0.3 is 20.3 Å². The summed E-state index contributed by atoms with van der Waals surface area (Å²) in [7, 11) is 5.30. The van der Waals surface area contributed by atoms with E-state index in [4.69, 9.17) is 4.74 Å². The summed E-state index contributed by atoms with van der Waals surface area (Å²) in [6, 6.07) is 18.0. The van der Waals surface area contributed by atoms with Crippen LogP contribution in [0.25, 0.3) is 0 Å². The number of rotatable bonds is 8. The van der Waals surface area contributed by atoms with Crippen molar-refractivity contribution in [1.29, 1.82) is 0 Å². The number of benzene rings is 2.